The first-order valence-corrected chi connectivity index (χ1v) is 4.53. The van der Waals surface area contributed by atoms with E-state index >= 15 is 0 Å². The van der Waals surface area contributed by atoms with Gasteiger partial charge in [0.25, 0.3) is 0 Å². The Labute approximate surface area is 81.4 Å². The molecule has 0 aliphatic carbocycles. The first-order chi connectivity index (χ1) is 6.27. The minimum atomic E-state index is 0.0821. The van der Waals surface area contributed by atoms with E-state index in [1.165, 1.54) is 6.33 Å². The van der Waals surface area contributed by atoms with Gasteiger partial charge < -0.3 is 0 Å². The van der Waals surface area contributed by atoms with Crippen molar-refractivity contribution in [3.05, 3.63) is 18.6 Å². The molecule has 0 aromatic carbocycles. The minimum absolute atomic E-state index is 0.0821. The number of nitrogens with zero attached hydrogens (tertiary/aromatic N) is 3. The number of hydrogen-bond acceptors (Lipinski definition) is 4. The van der Waals surface area contributed by atoms with Gasteiger partial charge in [-0.15, -0.1) is 0 Å². The van der Waals surface area contributed by atoms with E-state index in [1.54, 1.807) is 17.2 Å². The van der Waals surface area contributed by atoms with Crippen molar-refractivity contribution in [1.82, 2.24) is 9.97 Å². The summed E-state index contributed by atoms with van der Waals surface area (Å²) in [5.74, 6) is 0.746. The summed E-state index contributed by atoms with van der Waals surface area (Å²) >= 11 is 4.26. The SMILES string of the molecule is O=C1CC(S)CN1c1ccncn1. The normalized spacial score (nSPS) is 22.4. The molecule has 1 atom stereocenters. The van der Waals surface area contributed by atoms with E-state index in [9.17, 15) is 4.79 Å². The molecule has 4 nitrogen and oxygen atoms in total. The molecule has 0 N–H and O–H groups in total. The van der Waals surface area contributed by atoms with Gasteiger partial charge in [-0.3, -0.25) is 9.69 Å². The number of aromatic nitrogens is 2. The van der Waals surface area contributed by atoms with Gasteiger partial charge in [0.15, 0.2) is 0 Å². The molecule has 13 heavy (non-hydrogen) atoms. The van der Waals surface area contributed by atoms with Crippen molar-refractivity contribution in [2.24, 2.45) is 0 Å². The molecule has 1 fully saturated rings. The molecule has 1 amide bonds. The number of carbonyl (C=O) groups is 1. The summed E-state index contributed by atoms with van der Waals surface area (Å²) in [5.41, 5.74) is 0. The molecule has 1 unspecified atom stereocenters. The van der Waals surface area contributed by atoms with Crippen LogP contribution in [0.2, 0.25) is 0 Å². The van der Waals surface area contributed by atoms with Crippen LogP contribution in [0.5, 0.6) is 0 Å². The van der Waals surface area contributed by atoms with Gasteiger partial charge in [0, 0.05) is 24.4 Å². The molecule has 0 saturated carbocycles. The van der Waals surface area contributed by atoms with Gasteiger partial charge in [-0.1, -0.05) is 0 Å². The molecular weight excluding hydrogens is 186 g/mol. The van der Waals surface area contributed by atoms with E-state index in [-0.39, 0.29) is 11.2 Å². The van der Waals surface area contributed by atoms with Gasteiger partial charge >= 0.3 is 0 Å². The Morgan fingerprint density at radius 3 is 3.00 bits per heavy atom. The van der Waals surface area contributed by atoms with Crippen LogP contribution in [0, 0.1) is 0 Å². The van der Waals surface area contributed by atoms with E-state index in [0.717, 1.165) is 0 Å². The fraction of sp³-hybridized carbons (Fsp3) is 0.375. The van der Waals surface area contributed by atoms with Gasteiger partial charge in [0.05, 0.1) is 0 Å². The van der Waals surface area contributed by atoms with E-state index < -0.39 is 0 Å². The highest BCUT2D eigenvalue weighted by Gasteiger charge is 2.28. The van der Waals surface area contributed by atoms with Gasteiger partial charge in [-0.05, 0) is 6.07 Å². The minimum Gasteiger partial charge on any atom is -0.296 e. The first kappa shape index (κ1) is 8.50. The smallest absolute Gasteiger partial charge is 0.229 e. The molecule has 0 spiro atoms. The number of hydrogen-bond donors (Lipinski definition) is 1. The average Bonchev–Trinajstić information content (AvgIpc) is 2.47. The van der Waals surface area contributed by atoms with Crippen LogP contribution < -0.4 is 4.90 Å². The molecule has 1 aromatic heterocycles. The Hall–Kier alpha value is -1.10. The summed E-state index contributed by atoms with van der Waals surface area (Å²) in [6.07, 6.45) is 3.56. The maximum atomic E-state index is 11.4. The molecule has 1 aromatic rings. The predicted octanol–water partition coefficient (Wildman–Crippen LogP) is 0.512. The molecule has 0 bridgehead atoms. The lowest BCUT2D eigenvalue weighted by atomic mass is 10.4. The second-order valence-corrected chi connectivity index (χ2v) is 3.66. The molecule has 5 heteroatoms. The number of amides is 1. The molecule has 1 aliphatic heterocycles. The third-order valence-electron chi connectivity index (χ3n) is 1.95. The summed E-state index contributed by atoms with van der Waals surface area (Å²) in [4.78, 5) is 20.8. The zero-order chi connectivity index (χ0) is 9.26. The van der Waals surface area contributed by atoms with Crippen molar-refractivity contribution in [2.75, 3.05) is 11.4 Å². The van der Waals surface area contributed by atoms with Crippen molar-refractivity contribution in [1.29, 1.82) is 0 Å². The highest BCUT2D eigenvalue weighted by molar-refractivity contribution is 7.81. The predicted molar refractivity (Wildman–Crippen MR) is 51.8 cm³/mol. The molecule has 2 rings (SSSR count). The highest BCUT2D eigenvalue weighted by atomic mass is 32.1. The Bertz CT molecular complexity index is 316. The lowest BCUT2D eigenvalue weighted by Gasteiger charge is -2.13. The molecular formula is C8H9N3OS. The van der Waals surface area contributed by atoms with E-state index in [4.69, 9.17) is 0 Å². The second-order valence-electron chi connectivity index (χ2n) is 2.93. The van der Waals surface area contributed by atoms with Crippen molar-refractivity contribution >= 4 is 24.4 Å². The first-order valence-electron chi connectivity index (χ1n) is 4.02. The molecule has 0 radical (unpaired) electrons. The standard InChI is InChI=1S/C8H9N3OS/c12-8-3-6(13)4-11(8)7-1-2-9-5-10-7/h1-2,5-6,13H,3-4H2. The summed E-state index contributed by atoms with van der Waals surface area (Å²) < 4.78 is 0. The highest BCUT2D eigenvalue weighted by Crippen LogP contribution is 2.20. The average molecular weight is 195 g/mol. The van der Waals surface area contributed by atoms with E-state index in [1.807, 2.05) is 0 Å². The maximum Gasteiger partial charge on any atom is 0.229 e. The fourth-order valence-electron chi connectivity index (χ4n) is 1.35. The molecule has 68 valence electrons. The van der Waals surface area contributed by atoms with Crippen molar-refractivity contribution < 1.29 is 4.79 Å². The quantitative estimate of drug-likeness (QED) is 0.664. The monoisotopic (exact) mass is 195 g/mol. The van der Waals surface area contributed by atoms with Crippen LogP contribution in [0.15, 0.2) is 18.6 Å². The summed E-state index contributed by atoms with van der Waals surface area (Å²) in [6.45, 7) is 0.638. The Morgan fingerprint density at radius 2 is 2.46 bits per heavy atom. The van der Waals surface area contributed by atoms with Crippen LogP contribution >= 0.6 is 12.6 Å². The third-order valence-corrected chi connectivity index (χ3v) is 2.29. The van der Waals surface area contributed by atoms with Crippen LogP contribution in [0.25, 0.3) is 0 Å². The van der Waals surface area contributed by atoms with Crippen LogP contribution in [0.4, 0.5) is 5.82 Å². The topological polar surface area (TPSA) is 46.1 Å². The van der Waals surface area contributed by atoms with Crippen molar-refractivity contribution in [3.63, 3.8) is 0 Å². The third kappa shape index (κ3) is 1.65. The fourth-order valence-corrected chi connectivity index (χ4v) is 1.67. The molecule has 1 saturated heterocycles. The van der Waals surface area contributed by atoms with Gasteiger partial charge in [0.1, 0.15) is 12.1 Å². The summed E-state index contributed by atoms with van der Waals surface area (Å²) in [7, 11) is 0. The zero-order valence-electron chi connectivity index (χ0n) is 6.92. The second kappa shape index (κ2) is 3.33. The van der Waals surface area contributed by atoms with Crippen LogP contribution in [-0.4, -0.2) is 27.7 Å². The summed E-state index contributed by atoms with van der Waals surface area (Å²) in [6, 6.07) is 1.73. The largest absolute Gasteiger partial charge is 0.296 e. The number of carbonyl (C=O) groups excluding carboxylic acids is 1. The van der Waals surface area contributed by atoms with E-state index in [0.29, 0.717) is 18.8 Å². The van der Waals surface area contributed by atoms with Crippen LogP contribution in [-0.2, 0) is 4.79 Å². The number of thiol groups is 1. The van der Waals surface area contributed by atoms with Gasteiger partial charge in [-0.2, -0.15) is 12.6 Å². The van der Waals surface area contributed by atoms with Gasteiger partial charge in [-0.25, -0.2) is 9.97 Å². The maximum absolute atomic E-state index is 11.4. The zero-order valence-corrected chi connectivity index (χ0v) is 7.82. The Kier molecular flexibility index (Phi) is 2.18. The lowest BCUT2D eigenvalue weighted by molar-refractivity contribution is -0.117. The molecule has 1 aliphatic rings. The number of anilines is 1. The van der Waals surface area contributed by atoms with Crippen LogP contribution in [0.3, 0.4) is 0 Å². The summed E-state index contributed by atoms with van der Waals surface area (Å²) in [5, 5.41) is 0.127. The van der Waals surface area contributed by atoms with Crippen LogP contribution in [0.1, 0.15) is 6.42 Å². The Morgan fingerprint density at radius 1 is 1.62 bits per heavy atom. The number of rotatable bonds is 1. The lowest BCUT2D eigenvalue weighted by Crippen LogP contribution is -2.25. The Balaban J connectivity index is 2.23. The molecule has 2 heterocycles. The van der Waals surface area contributed by atoms with Crippen molar-refractivity contribution in [3.8, 4) is 0 Å². The van der Waals surface area contributed by atoms with E-state index in [2.05, 4.69) is 22.6 Å². The van der Waals surface area contributed by atoms with Crippen molar-refractivity contribution in [2.45, 2.75) is 11.7 Å². The van der Waals surface area contributed by atoms with Gasteiger partial charge in [0.2, 0.25) is 5.91 Å².